The predicted molar refractivity (Wildman–Crippen MR) is 81.2 cm³/mol. The van der Waals surface area contributed by atoms with Crippen molar-refractivity contribution in [3.63, 3.8) is 0 Å². The highest BCUT2D eigenvalue weighted by Crippen LogP contribution is 2.60. The van der Waals surface area contributed by atoms with E-state index in [0.29, 0.717) is 0 Å². The minimum absolute atomic E-state index is 0.166. The summed E-state index contributed by atoms with van der Waals surface area (Å²) in [5, 5.41) is 0. The molecule has 106 valence electrons. The van der Waals surface area contributed by atoms with Gasteiger partial charge in [0.1, 0.15) is 0 Å². The Morgan fingerprint density at radius 2 is 2.00 bits per heavy atom. The summed E-state index contributed by atoms with van der Waals surface area (Å²) in [6, 6.07) is 0. The van der Waals surface area contributed by atoms with E-state index >= 15 is 0 Å². The van der Waals surface area contributed by atoms with Crippen molar-refractivity contribution in [1.29, 1.82) is 0 Å². The van der Waals surface area contributed by atoms with Gasteiger partial charge in [-0.25, -0.2) is 0 Å². The Labute approximate surface area is 121 Å². The summed E-state index contributed by atoms with van der Waals surface area (Å²) in [6.45, 7) is 4.74. The number of hydrogen-bond acceptors (Lipinski definition) is 1. The number of carbonyl (C=O) groups is 1. The minimum Gasteiger partial charge on any atom is -0.290 e. The van der Waals surface area contributed by atoms with Crippen LogP contribution in [0.3, 0.4) is 0 Å². The van der Waals surface area contributed by atoms with E-state index in [1.165, 1.54) is 37.7 Å². The van der Waals surface area contributed by atoms with E-state index in [1.54, 1.807) is 11.1 Å². The van der Waals surface area contributed by atoms with Gasteiger partial charge in [0.15, 0.2) is 5.78 Å². The molecule has 4 aliphatic rings. The number of hydrogen-bond donors (Lipinski definition) is 0. The lowest BCUT2D eigenvalue weighted by atomic mass is 9.52. The quantitative estimate of drug-likeness (QED) is 0.587. The fourth-order valence-corrected chi connectivity index (χ4v) is 5.61. The molecule has 0 unspecified atom stereocenters. The van der Waals surface area contributed by atoms with Gasteiger partial charge in [0.05, 0.1) is 0 Å². The molecule has 2 fully saturated rings. The molecule has 1 nitrogen and oxygen atoms in total. The predicted octanol–water partition coefficient (Wildman–Crippen LogP) is 4.60. The summed E-state index contributed by atoms with van der Waals surface area (Å²) >= 11 is 0. The topological polar surface area (TPSA) is 17.1 Å². The van der Waals surface area contributed by atoms with Crippen molar-refractivity contribution < 1.29 is 4.79 Å². The zero-order valence-corrected chi connectivity index (χ0v) is 12.6. The van der Waals surface area contributed by atoms with Crippen LogP contribution in [0.2, 0.25) is 0 Å². The first kappa shape index (κ1) is 12.6. The van der Waals surface area contributed by atoms with Crippen LogP contribution in [0.15, 0.2) is 34.9 Å². The molecule has 0 aromatic rings. The van der Waals surface area contributed by atoms with Crippen molar-refractivity contribution in [3.8, 4) is 0 Å². The maximum Gasteiger partial charge on any atom is 0.178 e. The smallest absolute Gasteiger partial charge is 0.178 e. The van der Waals surface area contributed by atoms with Crippen LogP contribution in [0.4, 0.5) is 0 Å². The number of allylic oxidation sites excluding steroid dienone is 6. The van der Waals surface area contributed by atoms with Gasteiger partial charge in [-0.05, 0) is 75.4 Å². The van der Waals surface area contributed by atoms with Gasteiger partial charge in [-0.1, -0.05) is 29.7 Å². The van der Waals surface area contributed by atoms with Crippen LogP contribution in [-0.2, 0) is 4.79 Å². The fraction of sp³-hybridized carbons (Fsp3) is 0.632. The Balaban J connectivity index is 1.72. The lowest BCUT2D eigenvalue weighted by Crippen LogP contribution is -2.44. The second-order valence-corrected chi connectivity index (χ2v) is 7.49. The van der Waals surface area contributed by atoms with Gasteiger partial charge in [0.25, 0.3) is 0 Å². The molecule has 1 heteroatoms. The molecule has 0 aliphatic heterocycles. The van der Waals surface area contributed by atoms with Crippen LogP contribution >= 0.6 is 0 Å². The Kier molecular flexibility index (Phi) is 2.64. The first-order chi connectivity index (χ1) is 9.59. The second kappa shape index (κ2) is 4.19. The molecule has 0 N–H and O–H groups in total. The van der Waals surface area contributed by atoms with Gasteiger partial charge >= 0.3 is 0 Å². The highest BCUT2D eigenvalue weighted by atomic mass is 16.1. The fourth-order valence-electron chi connectivity index (χ4n) is 5.61. The molecule has 0 aromatic heterocycles. The van der Waals surface area contributed by atoms with Crippen molar-refractivity contribution in [2.24, 2.45) is 23.2 Å². The first-order valence-electron chi connectivity index (χ1n) is 8.22. The molecule has 0 spiro atoms. The van der Waals surface area contributed by atoms with E-state index in [4.69, 9.17) is 0 Å². The van der Waals surface area contributed by atoms with Gasteiger partial charge < -0.3 is 0 Å². The molecule has 2 saturated carbocycles. The van der Waals surface area contributed by atoms with E-state index in [0.717, 1.165) is 24.2 Å². The van der Waals surface area contributed by atoms with Gasteiger partial charge in [0.2, 0.25) is 0 Å². The molecule has 4 aliphatic carbocycles. The summed E-state index contributed by atoms with van der Waals surface area (Å²) in [7, 11) is 0. The highest BCUT2D eigenvalue weighted by molar-refractivity contribution is 6.01. The molecule has 0 heterocycles. The van der Waals surface area contributed by atoms with Crippen molar-refractivity contribution >= 4 is 5.78 Å². The van der Waals surface area contributed by atoms with E-state index in [-0.39, 0.29) is 11.2 Å². The van der Waals surface area contributed by atoms with Crippen LogP contribution in [0.25, 0.3) is 0 Å². The van der Waals surface area contributed by atoms with Crippen molar-refractivity contribution in [3.05, 3.63) is 34.9 Å². The van der Waals surface area contributed by atoms with Crippen LogP contribution in [0.1, 0.15) is 52.4 Å². The molecular weight excluding hydrogens is 244 g/mol. The molecule has 0 bridgehead atoms. The monoisotopic (exact) mass is 268 g/mol. The van der Waals surface area contributed by atoms with Gasteiger partial charge in [-0.3, -0.25) is 4.79 Å². The van der Waals surface area contributed by atoms with Crippen molar-refractivity contribution in [2.75, 3.05) is 0 Å². The molecule has 0 radical (unpaired) electrons. The molecule has 4 rings (SSSR count). The number of fused-ring (bicyclic) bond motifs is 5. The van der Waals surface area contributed by atoms with E-state index in [2.05, 4.69) is 19.9 Å². The summed E-state index contributed by atoms with van der Waals surface area (Å²) in [6.07, 6.45) is 13.8. The van der Waals surface area contributed by atoms with Crippen LogP contribution < -0.4 is 0 Å². The normalized spacial score (nSPS) is 43.0. The van der Waals surface area contributed by atoms with Crippen molar-refractivity contribution in [1.82, 2.24) is 0 Å². The Morgan fingerprint density at radius 1 is 1.15 bits per heavy atom. The molecule has 4 atom stereocenters. The van der Waals surface area contributed by atoms with Gasteiger partial charge in [-0.15, -0.1) is 0 Å². The number of ketones is 1. The zero-order chi connectivity index (χ0) is 13.9. The van der Waals surface area contributed by atoms with E-state index < -0.39 is 0 Å². The molecule has 0 saturated heterocycles. The average molecular weight is 268 g/mol. The van der Waals surface area contributed by atoms with Crippen molar-refractivity contribution in [2.45, 2.75) is 52.4 Å². The van der Waals surface area contributed by atoms with Gasteiger partial charge in [0, 0.05) is 5.41 Å². The summed E-state index contributed by atoms with van der Waals surface area (Å²) in [4.78, 5) is 11.7. The zero-order valence-electron chi connectivity index (χ0n) is 12.6. The highest BCUT2D eigenvalue weighted by Gasteiger charge is 2.50. The Hall–Kier alpha value is -1.11. The maximum absolute atomic E-state index is 11.7. The average Bonchev–Trinajstić information content (AvgIpc) is 2.82. The SMILES string of the molecule is CC1=C2CC[C@H]3[C@@H](CCC4=CC(=O)C=C[C@@]43C)[C@@H]2CC1. The third-order valence-electron chi connectivity index (χ3n) is 6.70. The summed E-state index contributed by atoms with van der Waals surface area (Å²) in [5.74, 6) is 2.67. The Morgan fingerprint density at radius 3 is 2.85 bits per heavy atom. The summed E-state index contributed by atoms with van der Waals surface area (Å²) < 4.78 is 0. The van der Waals surface area contributed by atoms with Crippen LogP contribution in [-0.4, -0.2) is 5.78 Å². The lowest BCUT2D eigenvalue weighted by Gasteiger charge is -2.52. The van der Waals surface area contributed by atoms with Crippen LogP contribution in [0.5, 0.6) is 0 Å². The maximum atomic E-state index is 11.7. The van der Waals surface area contributed by atoms with Crippen LogP contribution in [0, 0.1) is 23.2 Å². The Bertz CT molecular complexity index is 562. The minimum atomic E-state index is 0.166. The third-order valence-corrected chi connectivity index (χ3v) is 6.70. The molecule has 20 heavy (non-hydrogen) atoms. The summed E-state index contributed by atoms with van der Waals surface area (Å²) in [5.41, 5.74) is 5.07. The van der Waals surface area contributed by atoms with E-state index in [9.17, 15) is 4.79 Å². The molecule has 0 aromatic carbocycles. The number of carbonyl (C=O) groups excluding carboxylic acids is 1. The molecule has 0 amide bonds. The number of rotatable bonds is 0. The largest absolute Gasteiger partial charge is 0.290 e. The van der Waals surface area contributed by atoms with Gasteiger partial charge in [-0.2, -0.15) is 0 Å². The first-order valence-corrected chi connectivity index (χ1v) is 8.22. The lowest BCUT2D eigenvalue weighted by molar-refractivity contribution is -0.110. The second-order valence-electron chi connectivity index (χ2n) is 7.49. The molecular formula is C19H24O. The third kappa shape index (κ3) is 1.58. The standard InChI is InChI=1S/C19H24O/c1-12-3-5-16-15(12)7-8-18-17(16)6-4-13-11-14(20)9-10-19(13,18)2/h9-11,16-18H,3-8H2,1-2H3/t16-,17+,18+,19+/m1/s1. The van der Waals surface area contributed by atoms with E-state index in [1.807, 2.05) is 12.2 Å².